The third kappa shape index (κ3) is 4.44. The van der Waals surface area contributed by atoms with Gasteiger partial charge in [0, 0.05) is 24.2 Å². The Morgan fingerprint density at radius 2 is 1.65 bits per heavy atom. The molecule has 1 aliphatic carbocycles. The fourth-order valence-corrected chi connectivity index (χ4v) is 4.88. The van der Waals surface area contributed by atoms with E-state index in [0.717, 1.165) is 27.3 Å². The first-order valence-corrected chi connectivity index (χ1v) is 11.0. The minimum absolute atomic E-state index is 0.274. The zero-order chi connectivity index (χ0) is 21.8. The Bertz CT molecular complexity index is 1090. The SMILES string of the molecule is COc1ccc(C(=O)NC2(C(=O)O)Cc3ccccc3C2)cc1SCc1ccccc1. The van der Waals surface area contributed by atoms with Gasteiger partial charge >= 0.3 is 5.97 Å². The van der Waals surface area contributed by atoms with E-state index in [1.165, 1.54) is 0 Å². The van der Waals surface area contributed by atoms with Crippen LogP contribution in [0.1, 0.15) is 27.0 Å². The van der Waals surface area contributed by atoms with E-state index in [2.05, 4.69) is 5.32 Å². The zero-order valence-electron chi connectivity index (χ0n) is 17.1. The molecule has 0 saturated carbocycles. The smallest absolute Gasteiger partial charge is 0.330 e. The number of benzene rings is 3. The van der Waals surface area contributed by atoms with Crippen molar-refractivity contribution in [3.05, 3.63) is 95.1 Å². The summed E-state index contributed by atoms with van der Waals surface area (Å²) in [5.74, 6) is -0.0150. The minimum atomic E-state index is -1.34. The summed E-state index contributed by atoms with van der Waals surface area (Å²) < 4.78 is 5.46. The summed E-state index contributed by atoms with van der Waals surface area (Å²) in [7, 11) is 1.59. The molecule has 1 aliphatic rings. The Morgan fingerprint density at radius 1 is 1.00 bits per heavy atom. The molecule has 0 saturated heterocycles. The monoisotopic (exact) mass is 433 g/mol. The Balaban J connectivity index is 1.54. The first-order valence-electron chi connectivity index (χ1n) is 9.98. The zero-order valence-corrected chi connectivity index (χ0v) is 17.9. The van der Waals surface area contributed by atoms with Gasteiger partial charge in [0.05, 0.1) is 12.0 Å². The molecule has 1 amide bonds. The molecule has 0 spiro atoms. The first kappa shape index (κ1) is 21.0. The maximum Gasteiger partial charge on any atom is 0.330 e. The molecule has 4 rings (SSSR count). The topological polar surface area (TPSA) is 75.6 Å². The predicted octanol–water partition coefficient (Wildman–Crippen LogP) is 4.34. The number of hydrogen-bond acceptors (Lipinski definition) is 4. The van der Waals surface area contributed by atoms with Crippen LogP contribution in [0.5, 0.6) is 5.75 Å². The van der Waals surface area contributed by atoms with Crippen molar-refractivity contribution in [1.29, 1.82) is 0 Å². The van der Waals surface area contributed by atoms with Crippen molar-refractivity contribution in [3.63, 3.8) is 0 Å². The summed E-state index contributed by atoms with van der Waals surface area (Å²) in [5, 5.41) is 12.7. The number of carbonyl (C=O) groups is 2. The van der Waals surface area contributed by atoms with Gasteiger partial charge in [-0.05, 0) is 34.9 Å². The molecule has 0 atom stereocenters. The number of carbonyl (C=O) groups excluding carboxylic acids is 1. The van der Waals surface area contributed by atoms with Gasteiger partial charge in [0.1, 0.15) is 11.3 Å². The van der Waals surface area contributed by atoms with Crippen LogP contribution in [0.15, 0.2) is 77.7 Å². The van der Waals surface area contributed by atoms with E-state index in [9.17, 15) is 14.7 Å². The van der Waals surface area contributed by atoms with E-state index in [0.29, 0.717) is 11.3 Å². The molecule has 0 bridgehead atoms. The van der Waals surface area contributed by atoms with Crippen molar-refractivity contribution in [3.8, 4) is 5.75 Å². The fourth-order valence-electron chi connectivity index (χ4n) is 3.86. The summed E-state index contributed by atoms with van der Waals surface area (Å²) in [6.07, 6.45) is 0.548. The van der Waals surface area contributed by atoms with Crippen molar-refractivity contribution in [2.45, 2.75) is 29.0 Å². The third-order valence-corrected chi connectivity index (χ3v) is 6.64. The summed E-state index contributed by atoms with van der Waals surface area (Å²) in [6, 6.07) is 22.8. The molecule has 0 aromatic heterocycles. The fraction of sp³-hybridized carbons (Fsp3) is 0.200. The van der Waals surface area contributed by atoms with Crippen molar-refractivity contribution < 1.29 is 19.4 Å². The van der Waals surface area contributed by atoms with Gasteiger partial charge in [0.15, 0.2) is 0 Å². The van der Waals surface area contributed by atoms with E-state index in [-0.39, 0.29) is 12.8 Å². The van der Waals surface area contributed by atoms with Crippen LogP contribution in [0.4, 0.5) is 0 Å². The van der Waals surface area contributed by atoms with Gasteiger partial charge in [-0.1, -0.05) is 54.6 Å². The molecule has 0 heterocycles. The molecule has 158 valence electrons. The van der Waals surface area contributed by atoms with Crippen LogP contribution in [0.25, 0.3) is 0 Å². The van der Waals surface area contributed by atoms with Crippen LogP contribution in [0, 0.1) is 0 Å². The van der Waals surface area contributed by atoms with Gasteiger partial charge in [-0.15, -0.1) is 11.8 Å². The Kier molecular flexibility index (Phi) is 6.00. The average molecular weight is 434 g/mol. The summed E-state index contributed by atoms with van der Waals surface area (Å²) >= 11 is 1.57. The normalized spacial score (nSPS) is 14.0. The number of carboxylic acids is 1. The average Bonchev–Trinajstić information content (AvgIpc) is 3.17. The highest BCUT2D eigenvalue weighted by Gasteiger charge is 2.45. The number of fused-ring (bicyclic) bond motifs is 1. The molecule has 0 aliphatic heterocycles. The number of hydrogen-bond donors (Lipinski definition) is 2. The highest BCUT2D eigenvalue weighted by molar-refractivity contribution is 7.98. The lowest BCUT2D eigenvalue weighted by molar-refractivity contribution is -0.144. The van der Waals surface area contributed by atoms with Gasteiger partial charge in [0.2, 0.25) is 0 Å². The van der Waals surface area contributed by atoms with Gasteiger partial charge in [-0.3, -0.25) is 4.79 Å². The Hall–Kier alpha value is -3.25. The summed E-state index contributed by atoms with van der Waals surface area (Å²) in [6.45, 7) is 0. The maximum atomic E-state index is 13.1. The molecular formula is C25H23NO4S. The van der Waals surface area contributed by atoms with E-state index in [4.69, 9.17) is 4.74 Å². The number of methoxy groups -OCH3 is 1. The molecule has 5 nitrogen and oxygen atoms in total. The molecule has 3 aromatic carbocycles. The van der Waals surface area contributed by atoms with Gasteiger partial charge in [0.25, 0.3) is 5.91 Å². The van der Waals surface area contributed by atoms with Crippen molar-refractivity contribution in [2.24, 2.45) is 0 Å². The van der Waals surface area contributed by atoms with Crippen molar-refractivity contribution in [2.75, 3.05) is 7.11 Å². The van der Waals surface area contributed by atoms with Gasteiger partial charge < -0.3 is 15.2 Å². The number of rotatable bonds is 7. The second-order valence-electron chi connectivity index (χ2n) is 7.60. The third-order valence-electron chi connectivity index (χ3n) is 5.53. The van der Waals surface area contributed by atoms with E-state index < -0.39 is 17.4 Å². The lowest BCUT2D eigenvalue weighted by atomic mass is 9.95. The number of carboxylic acid groups (broad SMARTS) is 1. The van der Waals surface area contributed by atoms with Gasteiger partial charge in [-0.2, -0.15) is 0 Å². The maximum absolute atomic E-state index is 13.1. The van der Waals surface area contributed by atoms with Crippen molar-refractivity contribution >= 4 is 23.6 Å². The lowest BCUT2D eigenvalue weighted by Gasteiger charge is -2.25. The quantitative estimate of drug-likeness (QED) is 0.542. The van der Waals surface area contributed by atoms with E-state index in [1.807, 2.05) is 54.6 Å². The van der Waals surface area contributed by atoms with E-state index >= 15 is 0 Å². The molecule has 0 fully saturated rings. The lowest BCUT2D eigenvalue weighted by Crippen LogP contribution is -2.55. The van der Waals surface area contributed by atoms with Crippen LogP contribution in [0.3, 0.4) is 0 Å². The number of thioether (sulfide) groups is 1. The van der Waals surface area contributed by atoms with Gasteiger partial charge in [-0.25, -0.2) is 4.79 Å². The highest BCUT2D eigenvalue weighted by atomic mass is 32.2. The summed E-state index contributed by atoms with van der Waals surface area (Å²) in [4.78, 5) is 26.0. The number of aliphatic carboxylic acids is 1. The van der Waals surface area contributed by atoms with Crippen LogP contribution in [0.2, 0.25) is 0 Å². The standard InChI is InChI=1S/C25H23NO4S/c1-30-21-12-11-18(13-22(21)31-16-17-7-3-2-4-8-17)23(27)26-25(24(28)29)14-19-9-5-6-10-20(19)15-25/h2-13H,14-16H2,1H3,(H,26,27)(H,28,29). The second kappa shape index (κ2) is 8.86. The molecule has 31 heavy (non-hydrogen) atoms. The van der Waals surface area contributed by atoms with Crippen molar-refractivity contribution in [1.82, 2.24) is 5.32 Å². The highest BCUT2D eigenvalue weighted by Crippen LogP contribution is 2.34. The van der Waals surface area contributed by atoms with E-state index in [1.54, 1.807) is 37.1 Å². The number of nitrogens with one attached hydrogen (secondary N) is 1. The molecule has 0 radical (unpaired) electrons. The Labute approximate surface area is 185 Å². The van der Waals surface area contributed by atoms with Crippen LogP contribution < -0.4 is 10.1 Å². The van der Waals surface area contributed by atoms with Crippen LogP contribution >= 0.6 is 11.8 Å². The Morgan fingerprint density at radius 3 is 2.26 bits per heavy atom. The minimum Gasteiger partial charge on any atom is -0.496 e. The molecule has 2 N–H and O–H groups in total. The first-order chi connectivity index (χ1) is 15.0. The predicted molar refractivity (Wildman–Crippen MR) is 121 cm³/mol. The van der Waals surface area contributed by atoms with Crippen LogP contribution in [-0.2, 0) is 23.4 Å². The summed E-state index contributed by atoms with van der Waals surface area (Å²) in [5.41, 5.74) is 2.15. The molecule has 3 aromatic rings. The number of ether oxygens (including phenoxy) is 1. The second-order valence-corrected chi connectivity index (χ2v) is 8.62. The molecule has 0 unspecified atom stereocenters. The molecule has 6 heteroatoms. The number of amides is 1. The van der Waals surface area contributed by atoms with Crippen LogP contribution in [-0.4, -0.2) is 29.6 Å². The largest absolute Gasteiger partial charge is 0.496 e. The molecular weight excluding hydrogens is 410 g/mol.